The van der Waals surface area contributed by atoms with E-state index in [1.165, 1.54) is 12.1 Å². The maximum atomic E-state index is 13.9. The zero-order valence-electron chi connectivity index (χ0n) is 20.3. The van der Waals surface area contributed by atoms with Gasteiger partial charge in [-0.15, -0.1) is 0 Å². The van der Waals surface area contributed by atoms with E-state index >= 15 is 0 Å². The molecule has 190 valence electrons. The van der Waals surface area contributed by atoms with E-state index in [0.717, 1.165) is 37.0 Å². The van der Waals surface area contributed by atoms with Crippen LogP contribution in [0.1, 0.15) is 25.0 Å². The Morgan fingerprint density at radius 2 is 1.83 bits per heavy atom. The van der Waals surface area contributed by atoms with Crippen LogP contribution in [0.2, 0.25) is 0 Å². The van der Waals surface area contributed by atoms with Crippen molar-refractivity contribution in [2.45, 2.75) is 39.0 Å². The predicted molar refractivity (Wildman–Crippen MR) is 128 cm³/mol. The number of halogens is 2. The van der Waals surface area contributed by atoms with Gasteiger partial charge < -0.3 is 19.5 Å². The predicted octanol–water partition coefficient (Wildman–Crippen LogP) is 3.57. The van der Waals surface area contributed by atoms with Gasteiger partial charge in [0.05, 0.1) is 6.61 Å². The van der Waals surface area contributed by atoms with Gasteiger partial charge in [-0.2, -0.15) is 0 Å². The number of hydrogen-bond acceptors (Lipinski definition) is 6. The summed E-state index contributed by atoms with van der Waals surface area (Å²) in [7, 11) is 0. The Hall–Kier alpha value is -2.55. The van der Waals surface area contributed by atoms with E-state index in [1.54, 1.807) is 6.92 Å². The van der Waals surface area contributed by atoms with Gasteiger partial charge in [-0.3, -0.25) is 4.90 Å². The molecule has 2 aromatic rings. The minimum Gasteiger partial charge on any atom is -0.492 e. The van der Waals surface area contributed by atoms with Gasteiger partial charge in [-0.05, 0) is 49.4 Å². The van der Waals surface area contributed by atoms with Crippen LogP contribution < -0.4 is 10.1 Å². The maximum absolute atomic E-state index is 13.9. The molecule has 1 aliphatic carbocycles. The van der Waals surface area contributed by atoms with Crippen molar-refractivity contribution in [1.82, 2.24) is 10.2 Å². The number of esters is 1. The molecule has 1 N–H and O–H groups in total. The number of rotatable bonds is 13. The molecule has 1 aliphatic heterocycles. The number of piperidine rings is 1. The smallest absolute Gasteiger partial charge is 0.335 e. The van der Waals surface area contributed by atoms with Crippen LogP contribution in [0.4, 0.5) is 8.78 Å². The Morgan fingerprint density at radius 1 is 1.09 bits per heavy atom. The topological polar surface area (TPSA) is 60.0 Å². The lowest BCUT2D eigenvalue weighted by molar-refractivity contribution is -0.156. The third-order valence-electron chi connectivity index (χ3n) is 6.69. The van der Waals surface area contributed by atoms with Crippen molar-refractivity contribution in [2.75, 3.05) is 39.5 Å². The van der Waals surface area contributed by atoms with E-state index in [2.05, 4.69) is 10.2 Å². The molecule has 6 nitrogen and oxygen atoms in total. The van der Waals surface area contributed by atoms with E-state index < -0.39 is 17.7 Å². The molecule has 2 fully saturated rings. The monoisotopic (exact) mass is 488 g/mol. The summed E-state index contributed by atoms with van der Waals surface area (Å²) in [5, 5.41) is 3.56. The molecule has 0 amide bonds. The second kappa shape index (κ2) is 11.9. The van der Waals surface area contributed by atoms with Crippen LogP contribution in [-0.4, -0.2) is 62.5 Å². The highest BCUT2D eigenvalue weighted by atomic mass is 19.1. The SMILES string of the molecule is CCOC(=O)[C@H](Cc1ccc(OCCNC2[C@H]3CN(Cc4ccc(F)cc4F)C[C@@H]23)cc1)OCC. The summed E-state index contributed by atoms with van der Waals surface area (Å²) in [5.41, 5.74) is 1.53. The molecule has 0 spiro atoms. The molecule has 4 atom stereocenters. The van der Waals surface area contributed by atoms with E-state index in [0.29, 0.717) is 56.2 Å². The zero-order valence-corrected chi connectivity index (χ0v) is 20.3. The molecule has 2 aromatic carbocycles. The molecule has 0 bridgehead atoms. The molecule has 1 unspecified atom stereocenters. The van der Waals surface area contributed by atoms with Gasteiger partial charge in [0.25, 0.3) is 0 Å². The van der Waals surface area contributed by atoms with Crippen molar-refractivity contribution < 1.29 is 27.8 Å². The number of carbonyl (C=O) groups is 1. The van der Waals surface area contributed by atoms with Crippen LogP contribution in [0.5, 0.6) is 5.75 Å². The minimum absolute atomic E-state index is 0.333. The van der Waals surface area contributed by atoms with Crippen LogP contribution in [0, 0.1) is 23.5 Å². The van der Waals surface area contributed by atoms with Crippen LogP contribution in [-0.2, 0) is 27.2 Å². The Kier molecular flexibility index (Phi) is 8.70. The van der Waals surface area contributed by atoms with Gasteiger partial charge in [0.1, 0.15) is 24.0 Å². The van der Waals surface area contributed by atoms with Crippen LogP contribution in [0.3, 0.4) is 0 Å². The number of hydrogen-bond donors (Lipinski definition) is 1. The largest absolute Gasteiger partial charge is 0.492 e. The van der Waals surface area contributed by atoms with Crippen LogP contribution in [0.25, 0.3) is 0 Å². The van der Waals surface area contributed by atoms with Gasteiger partial charge in [-0.1, -0.05) is 18.2 Å². The third-order valence-corrected chi connectivity index (χ3v) is 6.69. The van der Waals surface area contributed by atoms with Gasteiger partial charge >= 0.3 is 5.97 Å². The van der Waals surface area contributed by atoms with Crippen molar-refractivity contribution in [3.63, 3.8) is 0 Å². The Morgan fingerprint density at radius 3 is 2.49 bits per heavy atom. The molecule has 8 heteroatoms. The van der Waals surface area contributed by atoms with E-state index in [1.807, 2.05) is 31.2 Å². The highest BCUT2D eigenvalue weighted by Gasteiger charge is 2.55. The first-order chi connectivity index (χ1) is 17.0. The van der Waals surface area contributed by atoms with Gasteiger partial charge in [0.15, 0.2) is 6.10 Å². The molecule has 2 aliphatic rings. The maximum Gasteiger partial charge on any atom is 0.335 e. The van der Waals surface area contributed by atoms with Crippen molar-refractivity contribution >= 4 is 5.97 Å². The van der Waals surface area contributed by atoms with Crippen molar-refractivity contribution in [1.29, 1.82) is 0 Å². The number of nitrogens with one attached hydrogen (secondary N) is 1. The Balaban J connectivity index is 1.13. The fourth-order valence-corrected chi connectivity index (χ4v) is 4.91. The lowest BCUT2D eigenvalue weighted by Crippen LogP contribution is -2.33. The summed E-state index contributed by atoms with van der Waals surface area (Å²) in [4.78, 5) is 14.3. The summed E-state index contributed by atoms with van der Waals surface area (Å²) in [5.74, 6) is 0.589. The van der Waals surface area contributed by atoms with Crippen molar-refractivity contribution in [2.24, 2.45) is 11.8 Å². The number of likely N-dealkylation sites (tertiary alicyclic amines) is 1. The number of benzene rings is 2. The third kappa shape index (κ3) is 6.78. The summed E-state index contributed by atoms with van der Waals surface area (Å²) >= 11 is 0. The number of nitrogens with zero attached hydrogens (tertiary/aromatic N) is 1. The first-order valence-electron chi connectivity index (χ1n) is 12.4. The molecule has 1 heterocycles. The van der Waals surface area contributed by atoms with Crippen LogP contribution >= 0.6 is 0 Å². The van der Waals surface area contributed by atoms with Crippen molar-refractivity contribution in [3.05, 3.63) is 65.2 Å². The first kappa shape index (κ1) is 25.5. The molecule has 0 radical (unpaired) electrons. The van der Waals surface area contributed by atoms with E-state index in [4.69, 9.17) is 14.2 Å². The minimum atomic E-state index is -0.598. The molecule has 35 heavy (non-hydrogen) atoms. The number of fused-ring (bicyclic) bond motifs is 1. The first-order valence-corrected chi connectivity index (χ1v) is 12.4. The molecule has 0 aromatic heterocycles. The van der Waals surface area contributed by atoms with E-state index in [-0.39, 0.29) is 5.97 Å². The molecular weight excluding hydrogens is 454 g/mol. The summed E-state index contributed by atoms with van der Waals surface area (Å²) < 4.78 is 43.4. The fraction of sp³-hybridized carbons (Fsp3) is 0.519. The van der Waals surface area contributed by atoms with Crippen LogP contribution in [0.15, 0.2) is 42.5 Å². The van der Waals surface area contributed by atoms with Crippen molar-refractivity contribution in [3.8, 4) is 5.75 Å². The Bertz CT molecular complexity index is 976. The van der Waals surface area contributed by atoms with Gasteiger partial charge in [0.2, 0.25) is 0 Å². The lowest BCUT2D eigenvalue weighted by Gasteiger charge is -2.20. The number of ether oxygens (including phenoxy) is 3. The van der Waals surface area contributed by atoms with Gasteiger partial charge in [-0.25, -0.2) is 13.6 Å². The average molecular weight is 489 g/mol. The molecule has 1 saturated carbocycles. The molecule has 4 rings (SSSR count). The van der Waals surface area contributed by atoms with E-state index in [9.17, 15) is 13.6 Å². The summed E-state index contributed by atoms with van der Waals surface area (Å²) in [6.45, 7) is 8.11. The summed E-state index contributed by atoms with van der Waals surface area (Å²) in [6.07, 6.45) is -0.136. The highest BCUT2D eigenvalue weighted by molar-refractivity contribution is 5.75. The lowest BCUT2D eigenvalue weighted by atomic mass is 10.1. The zero-order chi connectivity index (χ0) is 24.8. The average Bonchev–Trinajstić information content (AvgIpc) is 3.29. The standard InChI is InChI=1S/C27H34F2N2O4/c1-3-33-25(27(32)34-4-2)13-18-5-9-21(10-6-18)35-12-11-30-26-22-16-31(17-23(22)26)15-19-7-8-20(28)14-24(19)29/h5-10,14,22-23,25-26,30H,3-4,11-13,15-17H2,1-2H3/t22-,23+,25-,26?/m0/s1. The normalized spacial score (nSPS) is 22.0. The number of carbonyl (C=O) groups excluding carboxylic acids is 1. The molecule has 1 saturated heterocycles. The fourth-order valence-electron chi connectivity index (χ4n) is 4.91. The van der Waals surface area contributed by atoms with Gasteiger partial charge in [0, 0.05) is 56.9 Å². The molecular formula is C27H34F2N2O4. The second-order valence-electron chi connectivity index (χ2n) is 9.13. The Labute approximate surface area is 205 Å². The second-order valence-corrected chi connectivity index (χ2v) is 9.13. The highest BCUT2D eigenvalue weighted by Crippen LogP contribution is 2.45. The summed E-state index contributed by atoms with van der Waals surface area (Å²) in [6, 6.07) is 12.0. The quantitative estimate of drug-likeness (QED) is 0.344.